The summed E-state index contributed by atoms with van der Waals surface area (Å²) in [4.78, 5) is 18.7. The van der Waals surface area contributed by atoms with Crippen LogP contribution >= 0.6 is 0 Å². The van der Waals surface area contributed by atoms with E-state index < -0.39 is 0 Å². The number of nitrogens with one attached hydrogen (secondary N) is 1. The molecule has 134 valence electrons. The molecule has 0 saturated carbocycles. The number of benzene rings is 1. The molecule has 0 atom stereocenters. The lowest BCUT2D eigenvalue weighted by Gasteiger charge is -2.29. The number of hydrogen-bond acceptors (Lipinski definition) is 3. The zero-order valence-electron chi connectivity index (χ0n) is 14.8. The number of amides is 2. The van der Waals surface area contributed by atoms with Crippen molar-refractivity contribution in [2.75, 3.05) is 13.2 Å². The Labute approximate surface area is 152 Å². The predicted octanol–water partition coefficient (Wildman–Crippen LogP) is 3.00. The van der Waals surface area contributed by atoms with E-state index >= 15 is 0 Å². The predicted molar refractivity (Wildman–Crippen MR) is 99.2 cm³/mol. The highest BCUT2D eigenvalue weighted by Gasteiger charge is 2.21. The van der Waals surface area contributed by atoms with Crippen molar-refractivity contribution in [3.8, 4) is 5.75 Å². The van der Waals surface area contributed by atoms with E-state index in [0.29, 0.717) is 19.7 Å². The molecule has 6 nitrogen and oxygen atoms in total. The van der Waals surface area contributed by atoms with Gasteiger partial charge in [0.05, 0.1) is 6.61 Å². The third kappa shape index (κ3) is 3.35. The summed E-state index contributed by atoms with van der Waals surface area (Å²) in [5.41, 5.74) is 4.37. The second kappa shape index (κ2) is 7.07. The number of ether oxygens (including phenoxy) is 1. The summed E-state index contributed by atoms with van der Waals surface area (Å²) in [7, 11) is 0. The van der Waals surface area contributed by atoms with Crippen LogP contribution in [0.5, 0.6) is 5.75 Å². The molecule has 2 amide bonds. The molecule has 1 aliphatic rings. The van der Waals surface area contributed by atoms with Gasteiger partial charge in [-0.15, -0.1) is 0 Å². The van der Waals surface area contributed by atoms with Crippen LogP contribution < -0.4 is 10.1 Å². The molecule has 4 rings (SSSR count). The molecule has 3 heterocycles. The molecule has 3 aromatic rings. The van der Waals surface area contributed by atoms with Gasteiger partial charge in [-0.2, -0.15) is 0 Å². The molecule has 0 spiro atoms. The first-order chi connectivity index (χ1) is 12.7. The fraction of sp³-hybridized carbons (Fsp3) is 0.300. The van der Waals surface area contributed by atoms with E-state index in [1.807, 2.05) is 52.9 Å². The summed E-state index contributed by atoms with van der Waals surface area (Å²) < 4.78 is 7.52. The summed E-state index contributed by atoms with van der Waals surface area (Å²) in [5.74, 6) is 0.863. The molecule has 6 heteroatoms. The Hall–Kier alpha value is -3.02. The van der Waals surface area contributed by atoms with Crippen molar-refractivity contribution in [2.24, 2.45) is 0 Å². The topological polar surface area (TPSA) is 58.9 Å². The SMILES string of the molecule is CCOc1ccc2c(c1)CN(C(=O)NCc1ccn3ccnc3c1)CC2. The van der Waals surface area contributed by atoms with Gasteiger partial charge >= 0.3 is 6.03 Å². The Bertz CT molecular complexity index is 934. The monoisotopic (exact) mass is 350 g/mol. The van der Waals surface area contributed by atoms with Crippen molar-refractivity contribution in [3.05, 3.63) is 65.6 Å². The zero-order valence-corrected chi connectivity index (χ0v) is 14.8. The van der Waals surface area contributed by atoms with E-state index in [0.717, 1.165) is 35.5 Å². The van der Waals surface area contributed by atoms with Gasteiger partial charge in [-0.05, 0) is 54.3 Å². The third-order valence-electron chi connectivity index (χ3n) is 4.69. The Morgan fingerprint density at radius 2 is 2.15 bits per heavy atom. The maximum Gasteiger partial charge on any atom is 0.317 e. The number of pyridine rings is 1. The van der Waals surface area contributed by atoms with Crippen LogP contribution in [0.25, 0.3) is 5.65 Å². The van der Waals surface area contributed by atoms with E-state index in [-0.39, 0.29) is 6.03 Å². The van der Waals surface area contributed by atoms with Crippen LogP contribution in [0.3, 0.4) is 0 Å². The molecule has 2 aromatic heterocycles. The lowest BCUT2D eigenvalue weighted by Crippen LogP contribution is -2.42. The standard InChI is InChI=1S/C20H22N4O2/c1-2-26-18-4-3-16-6-9-24(14-17(16)12-18)20(25)22-13-15-5-8-23-10-7-21-19(23)11-15/h3-5,7-8,10-12H,2,6,9,13-14H2,1H3,(H,22,25). The van der Waals surface area contributed by atoms with Gasteiger partial charge in [-0.25, -0.2) is 9.78 Å². The molecule has 0 radical (unpaired) electrons. The molecular formula is C20H22N4O2. The average molecular weight is 350 g/mol. The van der Waals surface area contributed by atoms with Gasteiger partial charge in [0.2, 0.25) is 0 Å². The van der Waals surface area contributed by atoms with Crippen LogP contribution in [0.1, 0.15) is 23.6 Å². The van der Waals surface area contributed by atoms with Crippen molar-refractivity contribution in [1.29, 1.82) is 0 Å². The van der Waals surface area contributed by atoms with Crippen LogP contribution in [-0.2, 0) is 19.5 Å². The summed E-state index contributed by atoms with van der Waals surface area (Å²) in [6, 6.07) is 10.1. The van der Waals surface area contributed by atoms with Crippen LogP contribution in [-0.4, -0.2) is 33.5 Å². The molecule has 1 N–H and O–H groups in total. The minimum atomic E-state index is -0.0410. The van der Waals surface area contributed by atoms with E-state index in [9.17, 15) is 4.79 Å². The van der Waals surface area contributed by atoms with Gasteiger partial charge < -0.3 is 19.4 Å². The van der Waals surface area contributed by atoms with Crippen molar-refractivity contribution >= 4 is 11.7 Å². The number of fused-ring (bicyclic) bond motifs is 2. The van der Waals surface area contributed by atoms with Crippen molar-refractivity contribution < 1.29 is 9.53 Å². The zero-order chi connectivity index (χ0) is 17.9. The second-order valence-electron chi connectivity index (χ2n) is 6.42. The number of nitrogens with zero attached hydrogens (tertiary/aromatic N) is 3. The van der Waals surface area contributed by atoms with Crippen LogP contribution in [0.15, 0.2) is 48.9 Å². The van der Waals surface area contributed by atoms with Crippen LogP contribution in [0, 0.1) is 0 Å². The van der Waals surface area contributed by atoms with Gasteiger partial charge in [0, 0.05) is 38.2 Å². The lowest BCUT2D eigenvalue weighted by atomic mass is 10.00. The Balaban J connectivity index is 1.39. The highest BCUT2D eigenvalue weighted by Crippen LogP contribution is 2.24. The average Bonchev–Trinajstić information content (AvgIpc) is 3.13. The highest BCUT2D eigenvalue weighted by molar-refractivity contribution is 5.74. The number of urea groups is 1. The first-order valence-electron chi connectivity index (χ1n) is 8.92. The van der Waals surface area contributed by atoms with Crippen molar-refractivity contribution in [3.63, 3.8) is 0 Å². The fourth-order valence-corrected chi connectivity index (χ4v) is 3.32. The van der Waals surface area contributed by atoms with E-state index in [2.05, 4.69) is 16.4 Å². The van der Waals surface area contributed by atoms with Gasteiger partial charge in [-0.3, -0.25) is 0 Å². The molecule has 1 aromatic carbocycles. The summed E-state index contributed by atoms with van der Waals surface area (Å²) in [6.45, 7) is 4.45. The van der Waals surface area contributed by atoms with E-state index in [1.54, 1.807) is 6.20 Å². The number of carbonyl (C=O) groups excluding carboxylic acids is 1. The lowest BCUT2D eigenvalue weighted by molar-refractivity contribution is 0.191. The summed E-state index contributed by atoms with van der Waals surface area (Å²) in [6.07, 6.45) is 6.49. The maximum atomic E-state index is 12.6. The molecule has 1 aliphatic heterocycles. The molecule has 0 bridgehead atoms. The van der Waals surface area contributed by atoms with E-state index in [1.165, 1.54) is 5.56 Å². The first kappa shape index (κ1) is 16.4. The van der Waals surface area contributed by atoms with Gasteiger partial charge in [-0.1, -0.05) is 6.07 Å². The molecule has 26 heavy (non-hydrogen) atoms. The number of hydrogen-bond donors (Lipinski definition) is 1. The van der Waals surface area contributed by atoms with Gasteiger partial charge in [0.1, 0.15) is 11.4 Å². The fourth-order valence-electron chi connectivity index (χ4n) is 3.32. The van der Waals surface area contributed by atoms with E-state index in [4.69, 9.17) is 4.74 Å². The first-order valence-corrected chi connectivity index (χ1v) is 8.92. The summed E-state index contributed by atoms with van der Waals surface area (Å²) >= 11 is 0. The van der Waals surface area contributed by atoms with Crippen molar-refractivity contribution in [2.45, 2.75) is 26.4 Å². The quantitative estimate of drug-likeness (QED) is 0.787. The Kier molecular flexibility index (Phi) is 4.48. The molecule has 0 saturated heterocycles. The third-order valence-corrected chi connectivity index (χ3v) is 4.69. The number of imidazole rings is 1. The van der Waals surface area contributed by atoms with Gasteiger partial charge in [0.25, 0.3) is 0 Å². The smallest absolute Gasteiger partial charge is 0.317 e. The normalized spacial score (nSPS) is 13.5. The van der Waals surface area contributed by atoms with Gasteiger partial charge in [0.15, 0.2) is 0 Å². The minimum absolute atomic E-state index is 0.0410. The second-order valence-corrected chi connectivity index (χ2v) is 6.42. The number of carbonyl (C=O) groups is 1. The molecular weight excluding hydrogens is 328 g/mol. The number of rotatable bonds is 4. The van der Waals surface area contributed by atoms with Crippen LogP contribution in [0.4, 0.5) is 4.79 Å². The molecule has 0 aliphatic carbocycles. The molecule has 0 fully saturated rings. The molecule has 0 unspecified atom stereocenters. The largest absolute Gasteiger partial charge is 0.494 e. The summed E-state index contributed by atoms with van der Waals surface area (Å²) in [5, 5.41) is 3.01. The Morgan fingerprint density at radius 1 is 1.23 bits per heavy atom. The maximum absolute atomic E-state index is 12.6. The minimum Gasteiger partial charge on any atom is -0.494 e. The van der Waals surface area contributed by atoms with Crippen LogP contribution in [0.2, 0.25) is 0 Å². The highest BCUT2D eigenvalue weighted by atomic mass is 16.5. The Morgan fingerprint density at radius 3 is 3.04 bits per heavy atom. The van der Waals surface area contributed by atoms with Crippen molar-refractivity contribution in [1.82, 2.24) is 19.6 Å². The number of aromatic nitrogens is 2.